The Hall–Kier alpha value is -2.01. The van der Waals surface area contributed by atoms with E-state index in [2.05, 4.69) is 20.3 Å². The number of aryl methyl sites for hydroxylation is 1. The highest BCUT2D eigenvalue weighted by atomic mass is 16.5. The molecule has 2 aromatic rings. The number of hydrogen-bond donors (Lipinski definition) is 1. The first-order valence-electron chi connectivity index (χ1n) is 5.70. The van der Waals surface area contributed by atoms with Gasteiger partial charge in [-0.15, -0.1) is 0 Å². The highest BCUT2D eigenvalue weighted by Crippen LogP contribution is 2.22. The quantitative estimate of drug-likeness (QED) is 0.891. The van der Waals surface area contributed by atoms with Crippen molar-refractivity contribution in [3.63, 3.8) is 0 Å². The highest BCUT2D eigenvalue weighted by Gasteiger charge is 2.08. The van der Waals surface area contributed by atoms with E-state index in [9.17, 15) is 0 Å². The zero-order valence-electron chi connectivity index (χ0n) is 10.8. The van der Waals surface area contributed by atoms with Crippen LogP contribution in [0.5, 0.6) is 0 Å². The molecule has 2 heterocycles. The molecule has 0 aliphatic carbocycles. The van der Waals surface area contributed by atoms with Gasteiger partial charge in [-0.05, 0) is 18.6 Å². The maximum Gasteiger partial charge on any atom is 0.157 e. The first-order chi connectivity index (χ1) is 8.74. The molecule has 0 spiro atoms. The van der Waals surface area contributed by atoms with Gasteiger partial charge in [-0.2, -0.15) is 0 Å². The van der Waals surface area contributed by atoms with E-state index in [-0.39, 0.29) is 0 Å². The standard InChI is InChI=1S/C13H16N4O/c1-9-7-15-5-4-10(9)11-6-12(14-2)17-13(16-11)8-18-3/h4-7H,8H2,1-3H3,(H,14,16,17). The van der Waals surface area contributed by atoms with Gasteiger partial charge in [0.2, 0.25) is 0 Å². The molecule has 0 amide bonds. The molecular formula is C13H16N4O. The highest BCUT2D eigenvalue weighted by molar-refractivity contribution is 5.65. The molecule has 18 heavy (non-hydrogen) atoms. The van der Waals surface area contributed by atoms with Crippen LogP contribution in [-0.4, -0.2) is 29.1 Å². The zero-order chi connectivity index (χ0) is 13.0. The Balaban J connectivity index is 2.50. The van der Waals surface area contributed by atoms with Gasteiger partial charge in [0.1, 0.15) is 12.4 Å². The monoisotopic (exact) mass is 244 g/mol. The van der Waals surface area contributed by atoms with Crippen LogP contribution in [0.1, 0.15) is 11.4 Å². The summed E-state index contributed by atoms with van der Waals surface area (Å²) in [7, 11) is 3.47. The molecule has 94 valence electrons. The van der Waals surface area contributed by atoms with Crippen molar-refractivity contribution in [2.45, 2.75) is 13.5 Å². The Labute approximate surface area is 106 Å². The molecule has 0 saturated carbocycles. The van der Waals surface area contributed by atoms with Gasteiger partial charge in [0.15, 0.2) is 5.82 Å². The number of nitrogens with one attached hydrogen (secondary N) is 1. The van der Waals surface area contributed by atoms with E-state index < -0.39 is 0 Å². The number of rotatable bonds is 4. The van der Waals surface area contributed by atoms with Crippen molar-refractivity contribution in [2.75, 3.05) is 19.5 Å². The first kappa shape index (κ1) is 12.4. The maximum absolute atomic E-state index is 5.08. The summed E-state index contributed by atoms with van der Waals surface area (Å²) in [4.78, 5) is 12.9. The van der Waals surface area contributed by atoms with Crippen molar-refractivity contribution in [2.24, 2.45) is 0 Å². The van der Waals surface area contributed by atoms with E-state index in [0.717, 1.165) is 22.6 Å². The molecule has 0 radical (unpaired) electrons. The van der Waals surface area contributed by atoms with Crippen molar-refractivity contribution in [3.05, 3.63) is 35.9 Å². The molecule has 5 heteroatoms. The normalized spacial score (nSPS) is 10.4. The largest absolute Gasteiger partial charge is 0.377 e. The maximum atomic E-state index is 5.08. The molecule has 2 aromatic heterocycles. The van der Waals surface area contributed by atoms with Gasteiger partial charge in [0.05, 0.1) is 5.69 Å². The molecule has 5 nitrogen and oxygen atoms in total. The van der Waals surface area contributed by atoms with Gasteiger partial charge in [0, 0.05) is 38.2 Å². The summed E-state index contributed by atoms with van der Waals surface area (Å²) in [6.45, 7) is 2.41. The van der Waals surface area contributed by atoms with Crippen LogP contribution >= 0.6 is 0 Å². The number of ether oxygens (including phenoxy) is 1. The molecule has 0 bridgehead atoms. The molecule has 0 aliphatic rings. The topological polar surface area (TPSA) is 59.9 Å². The third kappa shape index (κ3) is 2.62. The summed E-state index contributed by atoms with van der Waals surface area (Å²) in [6.07, 6.45) is 3.59. The minimum atomic E-state index is 0.395. The third-order valence-corrected chi connectivity index (χ3v) is 2.60. The van der Waals surface area contributed by atoms with E-state index in [1.807, 2.05) is 32.3 Å². The van der Waals surface area contributed by atoms with Crippen LogP contribution in [0.3, 0.4) is 0 Å². The van der Waals surface area contributed by atoms with E-state index in [1.54, 1.807) is 13.3 Å². The van der Waals surface area contributed by atoms with Crippen LogP contribution in [-0.2, 0) is 11.3 Å². The summed E-state index contributed by atoms with van der Waals surface area (Å²) in [5.41, 5.74) is 3.02. The Morgan fingerprint density at radius 3 is 2.83 bits per heavy atom. The van der Waals surface area contributed by atoms with Crippen LogP contribution in [0.15, 0.2) is 24.5 Å². The molecule has 0 aliphatic heterocycles. The van der Waals surface area contributed by atoms with E-state index >= 15 is 0 Å². The average Bonchev–Trinajstić information content (AvgIpc) is 2.39. The Kier molecular flexibility index (Phi) is 3.84. The molecule has 0 saturated heterocycles. The predicted molar refractivity (Wildman–Crippen MR) is 70.3 cm³/mol. The molecule has 2 rings (SSSR count). The van der Waals surface area contributed by atoms with Gasteiger partial charge in [-0.1, -0.05) is 0 Å². The van der Waals surface area contributed by atoms with Crippen LogP contribution in [0, 0.1) is 6.92 Å². The van der Waals surface area contributed by atoms with Gasteiger partial charge < -0.3 is 10.1 Å². The summed E-state index contributed by atoms with van der Waals surface area (Å²) in [5, 5.41) is 3.03. The third-order valence-electron chi connectivity index (χ3n) is 2.60. The van der Waals surface area contributed by atoms with Crippen LogP contribution in [0.2, 0.25) is 0 Å². The second kappa shape index (κ2) is 5.55. The van der Waals surface area contributed by atoms with Gasteiger partial charge >= 0.3 is 0 Å². The van der Waals surface area contributed by atoms with Crippen molar-refractivity contribution in [3.8, 4) is 11.3 Å². The van der Waals surface area contributed by atoms with Crippen LogP contribution < -0.4 is 5.32 Å². The van der Waals surface area contributed by atoms with Crippen LogP contribution in [0.4, 0.5) is 5.82 Å². The van der Waals surface area contributed by atoms with Crippen molar-refractivity contribution < 1.29 is 4.74 Å². The molecule has 0 atom stereocenters. The van der Waals surface area contributed by atoms with E-state index in [4.69, 9.17) is 4.74 Å². The number of aromatic nitrogens is 3. The Morgan fingerprint density at radius 2 is 2.17 bits per heavy atom. The molecule has 0 aromatic carbocycles. The second-order valence-corrected chi connectivity index (χ2v) is 3.93. The van der Waals surface area contributed by atoms with Crippen molar-refractivity contribution in [1.29, 1.82) is 0 Å². The van der Waals surface area contributed by atoms with Gasteiger partial charge in [-0.25, -0.2) is 9.97 Å². The fourth-order valence-corrected chi connectivity index (χ4v) is 1.72. The number of methoxy groups -OCH3 is 1. The number of nitrogens with zero attached hydrogens (tertiary/aromatic N) is 3. The SMILES string of the molecule is CNc1cc(-c2ccncc2C)nc(COC)n1. The Bertz CT molecular complexity index is 542. The van der Waals surface area contributed by atoms with E-state index in [1.165, 1.54) is 0 Å². The minimum Gasteiger partial charge on any atom is -0.377 e. The van der Waals surface area contributed by atoms with Gasteiger partial charge in [-0.3, -0.25) is 4.98 Å². The van der Waals surface area contributed by atoms with E-state index in [0.29, 0.717) is 12.4 Å². The Morgan fingerprint density at radius 1 is 1.33 bits per heavy atom. The zero-order valence-corrected chi connectivity index (χ0v) is 10.8. The fourth-order valence-electron chi connectivity index (χ4n) is 1.72. The number of pyridine rings is 1. The second-order valence-electron chi connectivity index (χ2n) is 3.93. The van der Waals surface area contributed by atoms with Crippen LogP contribution in [0.25, 0.3) is 11.3 Å². The lowest BCUT2D eigenvalue weighted by molar-refractivity contribution is 0.178. The molecule has 1 N–H and O–H groups in total. The summed E-state index contributed by atoms with van der Waals surface area (Å²) < 4.78 is 5.08. The predicted octanol–water partition coefficient (Wildman–Crippen LogP) is 2.04. The molecule has 0 unspecified atom stereocenters. The van der Waals surface area contributed by atoms with Crippen molar-refractivity contribution in [1.82, 2.24) is 15.0 Å². The average molecular weight is 244 g/mol. The lowest BCUT2D eigenvalue weighted by atomic mass is 10.1. The fraction of sp³-hybridized carbons (Fsp3) is 0.308. The van der Waals surface area contributed by atoms with Gasteiger partial charge in [0.25, 0.3) is 0 Å². The summed E-state index contributed by atoms with van der Waals surface area (Å²) in [6, 6.07) is 3.87. The lowest BCUT2D eigenvalue weighted by Gasteiger charge is -2.09. The summed E-state index contributed by atoms with van der Waals surface area (Å²) >= 11 is 0. The molecule has 0 fully saturated rings. The lowest BCUT2D eigenvalue weighted by Crippen LogP contribution is -2.03. The smallest absolute Gasteiger partial charge is 0.157 e. The number of hydrogen-bond acceptors (Lipinski definition) is 5. The minimum absolute atomic E-state index is 0.395. The molecular weight excluding hydrogens is 228 g/mol. The summed E-state index contributed by atoms with van der Waals surface area (Å²) in [5.74, 6) is 1.44. The first-order valence-corrected chi connectivity index (χ1v) is 5.70. The van der Waals surface area contributed by atoms with Crippen molar-refractivity contribution >= 4 is 5.82 Å². The number of anilines is 1.